The zero-order valence-electron chi connectivity index (χ0n) is 12.4. The van der Waals surface area contributed by atoms with Crippen molar-refractivity contribution in [3.63, 3.8) is 0 Å². The molecule has 21 heavy (non-hydrogen) atoms. The van der Waals surface area contributed by atoms with Crippen molar-refractivity contribution in [1.29, 1.82) is 0 Å². The highest BCUT2D eigenvalue weighted by atomic mass is 79.9. The second-order valence-corrected chi connectivity index (χ2v) is 6.68. The number of hydrogen-bond acceptors (Lipinski definition) is 4. The highest BCUT2D eigenvalue weighted by molar-refractivity contribution is 9.10. The largest absolute Gasteiger partial charge is 0.497 e. The molecule has 2 unspecified atom stereocenters. The van der Waals surface area contributed by atoms with Gasteiger partial charge in [-0.1, -0.05) is 6.92 Å². The molecule has 0 fully saturated rings. The average Bonchev–Trinajstić information content (AvgIpc) is 2.91. The fraction of sp³-hybridized carbons (Fsp3) is 0.375. The fourth-order valence-corrected chi connectivity index (χ4v) is 3.55. The van der Waals surface area contributed by atoms with Crippen molar-refractivity contribution in [3.05, 3.63) is 44.6 Å². The number of thiophene rings is 1. The van der Waals surface area contributed by atoms with Crippen LogP contribution >= 0.6 is 27.3 Å². The van der Waals surface area contributed by atoms with Gasteiger partial charge in [-0.3, -0.25) is 0 Å². The third kappa shape index (κ3) is 3.78. The topological polar surface area (TPSA) is 44.5 Å². The quantitative estimate of drug-likeness (QED) is 0.803. The van der Waals surface area contributed by atoms with E-state index in [1.807, 2.05) is 18.2 Å². The molecule has 1 heterocycles. The van der Waals surface area contributed by atoms with Crippen LogP contribution in [0.5, 0.6) is 11.5 Å². The van der Waals surface area contributed by atoms with Gasteiger partial charge in [-0.25, -0.2) is 0 Å². The van der Waals surface area contributed by atoms with Gasteiger partial charge < -0.3 is 15.2 Å². The standard InChI is InChI=1S/C16H20BrNO2S/c1-4-13(18)15(16-10(2)7-8-21-16)20-14-6-5-11(19-3)9-12(14)17/h5-9,13,15H,4,18H2,1-3H3. The van der Waals surface area contributed by atoms with E-state index in [9.17, 15) is 0 Å². The molecule has 5 heteroatoms. The Balaban J connectivity index is 2.29. The van der Waals surface area contributed by atoms with Crippen molar-refractivity contribution < 1.29 is 9.47 Å². The van der Waals surface area contributed by atoms with Gasteiger partial charge in [-0.15, -0.1) is 11.3 Å². The zero-order chi connectivity index (χ0) is 15.4. The first-order chi connectivity index (χ1) is 10.1. The SMILES string of the molecule is CCC(N)C(Oc1ccc(OC)cc1Br)c1sccc1C. The number of rotatable bonds is 6. The molecule has 114 valence electrons. The average molecular weight is 370 g/mol. The van der Waals surface area contributed by atoms with Crippen LogP contribution in [0.1, 0.15) is 29.9 Å². The Morgan fingerprint density at radius 1 is 1.33 bits per heavy atom. The molecular weight excluding hydrogens is 350 g/mol. The first kappa shape index (κ1) is 16.3. The van der Waals surface area contributed by atoms with Gasteiger partial charge in [0.25, 0.3) is 0 Å². The molecule has 2 aromatic rings. The molecule has 1 aromatic heterocycles. The summed E-state index contributed by atoms with van der Waals surface area (Å²) in [5.74, 6) is 1.57. The second kappa shape index (κ2) is 7.29. The highest BCUT2D eigenvalue weighted by Gasteiger charge is 2.24. The molecular formula is C16H20BrNO2S. The van der Waals surface area contributed by atoms with Crippen molar-refractivity contribution in [2.45, 2.75) is 32.4 Å². The Bertz CT molecular complexity index is 600. The van der Waals surface area contributed by atoms with E-state index in [0.717, 1.165) is 22.4 Å². The van der Waals surface area contributed by atoms with Crippen LogP contribution < -0.4 is 15.2 Å². The van der Waals surface area contributed by atoms with Crippen LogP contribution in [0.4, 0.5) is 0 Å². The lowest BCUT2D eigenvalue weighted by Crippen LogP contribution is -2.31. The van der Waals surface area contributed by atoms with Crippen LogP contribution in [-0.4, -0.2) is 13.2 Å². The molecule has 0 spiro atoms. The fourth-order valence-electron chi connectivity index (χ4n) is 2.07. The summed E-state index contributed by atoms with van der Waals surface area (Å²) in [5.41, 5.74) is 7.49. The van der Waals surface area contributed by atoms with Crippen LogP contribution in [-0.2, 0) is 0 Å². The van der Waals surface area contributed by atoms with Crippen LogP contribution in [0.15, 0.2) is 34.1 Å². The Morgan fingerprint density at radius 3 is 2.62 bits per heavy atom. The van der Waals surface area contributed by atoms with Gasteiger partial charge in [-0.05, 0) is 64.5 Å². The maximum atomic E-state index is 6.27. The number of ether oxygens (including phenoxy) is 2. The number of methoxy groups -OCH3 is 1. The Morgan fingerprint density at radius 2 is 2.10 bits per heavy atom. The number of halogens is 1. The summed E-state index contributed by atoms with van der Waals surface area (Å²) in [4.78, 5) is 1.19. The lowest BCUT2D eigenvalue weighted by Gasteiger charge is -2.25. The van der Waals surface area contributed by atoms with Crippen molar-refractivity contribution >= 4 is 27.3 Å². The van der Waals surface area contributed by atoms with E-state index >= 15 is 0 Å². The Labute approximate surface area is 138 Å². The summed E-state index contributed by atoms with van der Waals surface area (Å²) in [7, 11) is 1.65. The smallest absolute Gasteiger partial charge is 0.148 e. The predicted octanol–water partition coefficient (Wildman–Crippen LogP) is 4.69. The number of hydrogen-bond donors (Lipinski definition) is 1. The maximum Gasteiger partial charge on any atom is 0.148 e. The van der Waals surface area contributed by atoms with Gasteiger partial charge in [-0.2, -0.15) is 0 Å². The minimum Gasteiger partial charge on any atom is -0.497 e. The van der Waals surface area contributed by atoms with Gasteiger partial charge >= 0.3 is 0 Å². The molecule has 0 aliphatic carbocycles. The molecule has 0 saturated carbocycles. The lowest BCUT2D eigenvalue weighted by atomic mass is 10.1. The summed E-state index contributed by atoms with van der Waals surface area (Å²) >= 11 is 5.22. The second-order valence-electron chi connectivity index (χ2n) is 4.87. The third-order valence-electron chi connectivity index (χ3n) is 3.41. The minimum atomic E-state index is -0.139. The minimum absolute atomic E-state index is 0.0450. The van der Waals surface area contributed by atoms with Crippen LogP contribution in [0.25, 0.3) is 0 Å². The molecule has 0 radical (unpaired) electrons. The Kier molecular flexibility index (Phi) is 5.67. The summed E-state index contributed by atoms with van der Waals surface area (Å²) in [6.07, 6.45) is 0.718. The summed E-state index contributed by atoms with van der Waals surface area (Å²) in [5, 5.41) is 2.08. The number of nitrogens with two attached hydrogens (primary N) is 1. The molecule has 1 aromatic carbocycles. The molecule has 3 nitrogen and oxygen atoms in total. The molecule has 2 rings (SSSR count). The third-order valence-corrected chi connectivity index (χ3v) is 5.11. The van der Waals surface area contributed by atoms with E-state index in [2.05, 4.69) is 41.2 Å². The highest BCUT2D eigenvalue weighted by Crippen LogP contribution is 2.36. The van der Waals surface area contributed by atoms with E-state index in [1.54, 1.807) is 18.4 Å². The number of aryl methyl sites for hydroxylation is 1. The normalized spacial score (nSPS) is 13.8. The molecule has 0 amide bonds. The van der Waals surface area contributed by atoms with Gasteiger partial charge in [0.05, 0.1) is 11.6 Å². The molecule has 2 N–H and O–H groups in total. The zero-order valence-corrected chi connectivity index (χ0v) is 14.8. The van der Waals surface area contributed by atoms with E-state index in [4.69, 9.17) is 15.2 Å². The monoisotopic (exact) mass is 369 g/mol. The van der Waals surface area contributed by atoms with Crippen LogP contribution in [0.2, 0.25) is 0 Å². The van der Waals surface area contributed by atoms with Crippen LogP contribution in [0, 0.1) is 6.92 Å². The van der Waals surface area contributed by atoms with Crippen molar-refractivity contribution in [1.82, 2.24) is 0 Å². The summed E-state index contributed by atoms with van der Waals surface area (Å²) in [6.45, 7) is 4.17. The summed E-state index contributed by atoms with van der Waals surface area (Å²) < 4.78 is 12.3. The molecule has 0 saturated heterocycles. The Hall–Kier alpha value is -1.04. The molecule has 0 bridgehead atoms. The number of benzene rings is 1. The molecule has 2 atom stereocenters. The van der Waals surface area contributed by atoms with Crippen molar-refractivity contribution in [3.8, 4) is 11.5 Å². The first-order valence-corrected chi connectivity index (χ1v) is 8.53. The molecule has 0 aliphatic rings. The van der Waals surface area contributed by atoms with Gasteiger partial charge in [0.1, 0.15) is 17.6 Å². The van der Waals surface area contributed by atoms with E-state index in [1.165, 1.54) is 10.4 Å². The predicted molar refractivity (Wildman–Crippen MR) is 91.4 cm³/mol. The lowest BCUT2D eigenvalue weighted by molar-refractivity contribution is 0.172. The van der Waals surface area contributed by atoms with Crippen molar-refractivity contribution in [2.24, 2.45) is 5.73 Å². The van der Waals surface area contributed by atoms with E-state index < -0.39 is 0 Å². The maximum absolute atomic E-state index is 6.27. The summed E-state index contributed by atoms with van der Waals surface area (Å²) in [6, 6.07) is 7.74. The van der Waals surface area contributed by atoms with Crippen LogP contribution in [0.3, 0.4) is 0 Å². The first-order valence-electron chi connectivity index (χ1n) is 6.86. The van der Waals surface area contributed by atoms with Gasteiger partial charge in [0.15, 0.2) is 0 Å². The van der Waals surface area contributed by atoms with E-state index in [0.29, 0.717) is 0 Å². The van der Waals surface area contributed by atoms with Gasteiger partial charge in [0.2, 0.25) is 0 Å². The van der Waals surface area contributed by atoms with Crippen molar-refractivity contribution in [2.75, 3.05) is 7.11 Å². The molecule has 0 aliphatic heterocycles. The van der Waals surface area contributed by atoms with E-state index in [-0.39, 0.29) is 12.1 Å². The van der Waals surface area contributed by atoms with Gasteiger partial charge in [0, 0.05) is 10.9 Å².